The van der Waals surface area contributed by atoms with Gasteiger partial charge in [-0.15, -0.1) is 0 Å². The van der Waals surface area contributed by atoms with E-state index in [4.69, 9.17) is 14.3 Å². The third-order valence-corrected chi connectivity index (χ3v) is 6.24. The van der Waals surface area contributed by atoms with Crippen LogP contribution in [0.5, 0.6) is 0 Å². The summed E-state index contributed by atoms with van der Waals surface area (Å²) in [6, 6.07) is 0. The monoisotopic (exact) mass is 347 g/mol. The van der Waals surface area contributed by atoms with Gasteiger partial charge < -0.3 is 9.47 Å². The summed E-state index contributed by atoms with van der Waals surface area (Å²) in [6.45, 7) is 7.25. The molecule has 136 valence electrons. The molecule has 2 bridgehead atoms. The molecule has 0 amide bonds. The molecule has 4 aliphatic carbocycles. The van der Waals surface area contributed by atoms with Crippen molar-refractivity contribution in [2.75, 3.05) is 20.8 Å². The molecule has 2 fully saturated rings. The molecule has 0 aromatic rings. The highest BCUT2D eigenvalue weighted by molar-refractivity contribution is 6.02. The van der Waals surface area contributed by atoms with Crippen LogP contribution >= 0.6 is 0 Å². The summed E-state index contributed by atoms with van der Waals surface area (Å²) in [5.41, 5.74) is 0.867. The molecular weight excluding hydrogens is 322 g/mol. The van der Waals surface area contributed by atoms with Gasteiger partial charge in [-0.3, -0.25) is 4.84 Å². The average molecular weight is 347 g/mol. The summed E-state index contributed by atoms with van der Waals surface area (Å²) < 4.78 is 9.95. The fourth-order valence-electron chi connectivity index (χ4n) is 5.14. The van der Waals surface area contributed by atoms with E-state index in [1.165, 1.54) is 14.2 Å². The van der Waals surface area contributed by atoms with Crippen molar-refractivity contribution in [3.8, 4) is 0 Å². The summed E-state index contributed by atoms with van der Waals surface area (Å²) in [5, 5.41) is 2.05. The van der Waals surface area contributed by atoms with E-state index in [-0.39, 0.29) is 29.4 Å². The largest absolute Gasteiger partial charge is 0.466 e. The van der Waals surface area contributed by atoms with Gasteiger partial charge in [-0.1, -0.05) is 12.2 Å². The van der Waals surface area contributed by atoms with Crippen LogP contribution in [0.1, 0.15) is 20.8 Å². The summed E-state index contributed by atoms with van der Waals surface area (Å²) >= 11 is 0. The molecule has 0 N–H and O–H groups in total. The highest BCUT2D eigenvalue weighted by Crippen LogP contribution is 2.63. The SMILES string of the molecule is COC(=O)C1=C(C(=O)OC)[C@@H]2C=C[C@H]1[C@H]1[C@@H]3ON(C(C)(C)C)C[C@@H]3[C@H]12. The second-order valence-corrected chi connectivity index (χ2v) is 8.37. The number of fused-ring (bicyclic) bond motifs is 1. The number of allylic oxidation sites excluding steroid dienone is 2. The number of hydroxylamine groups is 2. The molecule has 6 atom stereocenters. The Balaban J connectivity index is 1.71. The van der Waals surface area contributed by atoms with E-state index in [2.05, 4.69) is 31.9 Å². The normalized spacial score (nSPS) is 38.9. The second-order valence-electron chi connectivity index (χ2n) is 8.37. The lowest BCUT2D eigenvalue weighted by molar-refractivity contribution is -0.234. The lowest BCUT2D eigenvalue weighted by atomic mass is 9.46. The maximum atomic E-state index is 12.4. The molecule has 5 aliphatic rings. The van der Waals surface area contributed by atoms with Gasteiger partial charge in [0, 0.05) is 35.8 Å². The molecule has 0 spiro atoms. The smallest absolute Gasteiger partial charge is 0.334 e. The van der Waals surface area contributed by atoms with Crippen molar-refractivity contribution in [2.45, 2.75) is 32.4 Å². The van der Waals surface area contributed by atoms with E-state index in [1.807, 2.05) is 6.08 Å². The zero-order valence-electron chi connectivity index (χ0n) is 15.3. The minimum Gasteiger partial charge on any atom is -0.466 e. The van der Waals surface area contributed by atoms with Gasteiger partial charge in [-0.2, -0.15) is 5.06 Å². The molecule has 1 heterocycles. The van der Waals surface area contributed by atoms with Crippen molar-refractivity contribution in [1.82, 2.24) is 5.06 Å². The third-order valence-electron chi connectivity index (χ3n) is 6.24. The van der Waals surface area contributed by atoms with E-state index in [9.17, 15) is 9.59 Å². The third kappa shape index (κ3) is 2.16. The summed E-state index contributed by atoms with van der Waals surface area (Å²) in [7, 11) is 2.71. The first-order chi connectivity index (χ1) is 11.8. The molecular formula is C19H25NO5. The molecule has 1 saturated carbocycles. The molecule has 6 nitrogen and oxygen atoms in total. The molecule has 5 rings (SSSR count). The number of methoxy groups -OCH3 is 2. The minimum absolute atomic E-state index is 0.0727. The topological polar surface area (TPSA) is 65.1 Å². The van der Waals surface area contributed by atoms with Crippen LogP contribution in [0, 0.1) is 29.6 Å². The van der Waals surface area contributed by atoms with Gasteiger partial charge in [-0.25, -0.2) is 9.59 Å². The molecule has 0 aromatic carbocycles. The van der Waals surface area contributed by atoms with Crippen molar-refractivity contribution in [3.63, 3.8) is 0 Å². The van der Waals surface area contributed by atoms with E-state index in [1.54, 1.807) is 0 Å². The predicted octanol–water partition coefficient (Wildman–Crippen LogP) is 1.72. The number of hydrogen-bond donors (Lipinski definition) is 0. The van der Waals surface area contributed by atoms with Crippen LogP contribution in [-0.4, -0.2) is 49.4 Å². The lowest BCUT2D eigenvalue weighted by Gasteiger charge is -2.58. The molecule has 1 saturated heterocycles. The molecule has 0 aromatic heterocycles. The second kappa shape index (κ2) is 5.42. The summed E-state index contributed by atoms with van der Waals surface area (Å²) in [4.78, 5) is 31.1. The van der Waals surface area contributed by atoms with Crippen LogP contribution in [0.15, 0.2) is 23.3 Å². The first-order valence-electron chi connectivity index (χ1n) is 8.83. The fourth-order valence-corrected chi connectivity index (χ4v) is 5.14. The first kappa shape index (κ1) is 16.8. The van der Waals surface area contributed by atoms with E-state index >= 15 is 0 Å². The molecule has 0 unspecified atom stereocenters. The number of hydrogen-bond acceptors (Lipinski definition) is 6. The van der Waals surface area contributed by atoms with Crippen LogP contribution in [0.3, 0.4) is 0 Å². The maximum Gasteiger partial charge on any atom is 0.334 e. The van der Waals surface area contributed by atoms with Crippen LogP contribution in [-0.2, 0) is 23.9 Å². The lowest BCUT2D eigenvalue weighted by Crippen LogP contribution is -2.61. The van der Waals surface area contributed by atoms with Crippen LogP contribution < -0.4 is 0 Å². The average Bonchev–Trinajstić information content (AvgIpc) is 2.95. The highest BCUT2D eigenvalue weighted by Gasteiger charge is 2.66. The zero-order valence-corrected chi connectivity index (χ0v) is 15.3. The zero-order chi connectivity index (χ0) is 18.1. The minimum atomic E-state index is -0.438. The number of carbonyl (C=O) groups is 2. The number of rotatable bonds is 2. The summed E-state index contributed by atoms with van der Waals surface area (Å²) in [6.07, 6.45) is 4.21. The molecule has 1 aliphatic heterocycles. The molecule has 25 heavy (non-hydrogen) atoms. The van der Waals surface area contributed by atoms with Gasteiger partial charge in [0.15, 0.2) is 0 Å². The van der Waals surface area contributed by atoms with Crippen LogP contribution in [0.25, 0.3) is 0 Å². The van der Waals surface area contributed by atoms with Gasteiger partial charge in [0.25, 0.3) is 0 Å². The van der Waals surface area contributed by atoms with Crippen molar-refractivity contribution in [3.05, 3.63) is 23.3 Å². The van der Waals surface area contributed by atoms with Gasteiger partial charge in [0.05, 0.1) is 31.5 Å². The van der Waals surface area contributed by atoms with Crippen molar-refractivity contribution in [2.24, 2.45) is 29.6 Å². The summed E-state index contributed by atoms with van der Waals surface area (Å²) in [5.74, 6) is -0.190. The van der Waals surface area contributed by atoms with Gasteiger partial charge >= 0.3 is 11.9 Å². The Kier molecular flexibility index (Phi) is 3.64. The standard InChI is InChI=1S/C19H25NO5/c1-19(2,3)20-8-11-12-9-6-7-10(13(12)16(11)25-20)15(18(22)24-5)14(9)17(21)23-4/h6-7,9-13,16H,8H2,1-5H3/t9-,10+,11-,12-,13-,16-/m1/s1. The van der Waals surface area contributed by atoms with Gasteiger partial charge in [0.2, 0.25) is 0 Å². The molecule has 6 heteroatoms. The number of ether oxygens (including phenoxy) is 2. The van der Waals surface area contributed by atoms with Gasteiger partial charge in [-0.05, 0) is 26.7 Å². The Bertz CT molecular complexity index is 638. The quantitative estimate of drug-likeness (QED) is 0.560. The Labute approximate surface area is 147 Å². The van der Waals surface area contributed by atoms with E-state index in [0.29, 0.717) is 23.0 Å². The highest BCUT2D eigenvalue weighted by atomic mass is 16.7. The van der Waals surface area contributed by atoms with E-state index in [0.717, 1.165) is 6.54 Å². The number of carbonyl (C=O) groups excluding carboxylic acids is 2. The Morgan fingerprint density at radius 3 is 2.04 bits per heavy atom. The number of esters is 2. The van der Waals surface area contributed by atoms with Crippen molar-refractivity contribution >= 4 is 11.9 Å². The van der Waals surface area contributed by atoms with Crippen LogP contribution in [0.2, 0.25) is 0 Å². The van der Waals surface area contributed by atoms with E-state index < -0.39 is 11.9 Å². The van der Waals surface area contributed by atoms with Crippen molar-refractivity contribution in [1.29, 1.82) is 0 Å². The maximum absolute atomic E-state index is 12.4. The van der Waals surface area contributed by atoms with Crippen molar-refractivity contribution < 1.29 is 23.9 Å². The van der Waals surface area contributed by atoms with Gasteiger partial charge in [0.1, 0.15) is 0 Å². The Morgan fingerprint density at radius 2 is 1.56 bits per heavy atom. The Morgan fingerprint density at radius 1 is 1.04 bits per heavy atom. The number of nitrogens with zero attached hydrogens (tertiary/aromatic N) is 1. The first-order valence-corrected chi connectivity index (χ1v) is 8.83. The fraction of sp³-hybridized carbons (Fsp3) is 0.684. The predicted molar refractivity (Wildman–Crippen MR) is 89.0 cm³/mol. The Hall–Kier alpha value is -1.66. The molecule has 0 radical (unpaired) electrons. The van der Waals surface area contributed by atoms with Crippen LogP contribution in [0.4, 0.5) is 0 Å².